The van der Waals surface area contributed by atoms with Crippen molar-refractivity contribution >= 4 is 41.2 Å². The largest absolute Gasteiger partial charge is 0.490 e. The summed E-state index contributed by atoms with van der Waals surface area (Å²) in [5.74, 6) is -0.527. The number of ether oxygens (including phenoxy) is 2. The second-order valence-corrected chi connectivity index (χ2v) is 7.32. The van der Waals surface area contributed by atoms with Crippen LogP contribution in [0.15, 0.2) is 41.5 Å². The Morgan fingerprint density at radius 3 is 2.47 bits per heavy atom. The Kier molecular flexibility index (Phi) is 8.95. The van der Waals surface area contributed by atoms with Gasteiger partial charge in [0.2, 0.25) is 0 Å². The standard InChI is InChI=1S/C21H23Cl2N3O4/c1-4-29-19-10-14(11-24-26-21(28)20(27)25-13(2)3)6-8-18(19)30-12-15-5-7-16(22)17(23)9-15/h5-11,13H,4,12H2,1-3H3,(H,25,27)(H,26,28)/b24-11-. The van der Waals surface area contributed by atoms with Crippen LogP contribution in [0, 0.1) is 0 Å². The van der Waals surface area contributed by atoms with Crippen LogP contribution in [0.2, 0.25) is 10.0 Å². The van der Waals surface area contributed by atoms with E-state index in [1.54, 1.807) is 44.2 Å². The van der Waals surface area contributed by atoms with Crippen molar-refractivity contribution in [2.45, 2.75) is 33.4 Å². The predicted molar refractivity (Wildman–Crippen MR) is 117 cm³/mol. The first-order valence-corrected chi connectivity index (χ1v) is 10.0. The molecule has 2 N–H and O–H groups in total. The highest BCUT2D eigenvalue weighted by molar-refractivity contribution is 6.42. The number of hydrogen-bond acceptors (Lipinski definition) is 5. The highest BCUT2D eigenvalue weighted by atomic mass is 35.5. The second-order valence-electron chi connectivity index (χ2n) is 6.50. The molecule has 2 aromatic rings. The van der Waals surface area contributed by atoms with Crippen molar-refractivity contribution in [3.05, 3.63) is 57.6 Å². The molecule has 0 heterocycles. The summed E-state index contributed by atoms with van der Waals surface area (Å²) in [5.41, 5.74) is 3.70. The average Bonchev–Trinajstić information content (AvgIpc) is 2.69. The molecular formula is C21H23Cl2N3O4. The molecule has 0 unspecified atom stereocenters. The zero-order chi connectivity index (χ0) is 22.1. The lowest BCUT2D eigenvalue weighted by atomic mass is 10.2. The predicted octanol–water partition coefficient (Wildman–Crippen LogP) is 3.95. The Morgan fingerprint density at radius 1 is 1.03 bits per heavy atom. The van der Waals surface area contributed by atoms with Crippen LogP contribution in [0.1, 0.15) is 31.9 Å². The van der Waals surface area contributed by atoms with Gasteiger partial charge in [-0.25, -0.2) is 5.43 Å². The molecule has 9 heteroatoms. The zero-order valence-corrected chi connectivity index (χ0v) is 18.4. The molecule has 0 aliphatic carbocycles. The number of halogens is 2. The smallest absolute Gasteiger partial charge is 0.329 e. The maximum Gasteiger partial charge on any atom is 0.329 e. The minimum atomic E-state index is -0.841. The number of nitrogens with zero attached hydrogens (tertiary/aromatic N) is 1. The number of carbonyl (C=O) groups excluding carboxylic acids is 2. The molecule has 30 heavy (non-hydrogen) atoms. The van der Waals surface area contributed by atoms with Gasteiger partial charge in [-0.05, 0) is 62.2 Å². The Bertz CT molecular complexity index is 932. The molecule has 7 nitrogen and oxygen atoms in total. The van der Waals surface area contributed by atoms with E-state index < -0.39 is 11.8 Å². The van der Waals surface area contributed by atoms with Gasteiger partial charge in [-0.15, -0.1) is 0 Å². The molecule has 2 aromatic carbocycles. The van der Waals surface area contributed by atoms with Gasteiger partial charge in [0.25, 0.3) is 0 Å². The molecule has 0 aliphatic rings. The highest BCUT2D eigenvalue weighted by Gasteiger charge is 2.13. The highest BCUT2D eigenvalue weighted by Crippen LogP contribution is 2.29. The number of rotatable bonds is 8. The third-order valence-electron chi connectivity index (χ3n) is 3.65. The van der Waals surface area contributed by atoms with Crippen LogP contribution in [0.25, 0.3) is 0 Å². The third kappa shape index (κ3) is 7.24. The van der Waals surface area contributed by atoms with E-state index in [0.717, 1.165) is 5.56 Å². The van der Waals surface area contributed by atoms with Crippen molar-refractivity contribution in [1.82, 2.24) is 10.7 Å². The fraction of sp³-hybridized carbons (Fsp3) is 0.286. The molecule has 0 radical (unpaired) electrons. The van der Waals surface area contributed by atoms with Gasteiger partial charge in [-0.1, -0.05) is 29.3 Å². The maximum absolute atomic E-state index is 11.7. The Hall–Kier alpha value is -2.77. The summed E-state index contributed by atoms with van der Waals surface area (Å²) in [4.78, 5) is 23.2. The summed E-state index contributed by atoms with van der Waals surface area (Å²) in [5, 5.41) is 7.22. The number of hydrazone groups is 1. The van der Waals surface area contributed by atoms with E-state index in [9.17, 15) is 9.59 Å². The fourth-order valence-corrected chi connectivity index (χ4v) is 2.65. The van der Waals surface area contributed by atoms with E-state index in [0.29, 0.717) is 33.7 Å². The molecule has 0 aromatic heterocycles. The zero-order valence-electron chi connectivity index (χ0n) is 16.9. The summed E-state index contributed by atoms with van der Waals surface area (Å²) in [6.45, 7) is 6.10. The van der Waals surface area contributed by atoms with Crippen molar-refractivity contribution < 1.29 is 19.1 Å². The van der Waals surface area contributed by atoms with Gasteiger partial charge in [0, 0.05) is 6.04 Å². The molecule has 2 amide bonds. The normalized spacial score (nSPS) is 10.9. The van der Waals surface area contributed by atoms with Crippen molar-refractivity contribution in [2.24, 2.45) is 5.10 Å². The van der Waals surface area contributed by atoms with Gasteiger partial charge in [-0.2, -0.15) is 5.10 Å². The molecule has 0 bridgehead atoms. The number of benzene rings is 2. The summed E-state index contributed by atoms with van der Waals surface area (Å²) >= 11 is 12.0. The van der Waals surface area contributed by atoms with E-state index in [1.807, 2.05) is 13.0 Å². The molecule has 0 fully saturated rings. The van der Waals surface area contributed by atoms with Gasteiger partial charge >= 0.3 is 11.8 Å². The van der Waals surface area contributed by atoms with E-state index >= 15 is 0 Å². The quantitative estimate of drug-likeness (QED) is 0.361. The van der Waals surface area contributed by atoms with Gasteiger partial charge in [0.1, 0.15) is 6.61 Å². The van der Waals surface area contributed by atoms with Crippen molar-refractivity contribution in [1.29, 1.82) is 0 Å². The molecule has 2 rings (SSSR count). The molecule has 0 aliphatic heterocycles. The number of nitrogens with one attached hydrogen (secondary N) is 2. The minimum absolute atomic E-state index is 0.141. The van der Waals surface area contributed by atoms with Gasteiger partial charge in [-0.3, -0.25) is 9.59 Å². The SMILES string of the molecule is CCOc1cc(/C=N\NC(=O)C(=O)NC(C)C)ccc1OCc1ccc(Cl)c(Cl)c1. The lowest BCUT2D eigenvalue weighted by molar-refractivity contribution is -0.139. The Morgan fingerprint density at radius 2 is 1.80 bits per heavy atom. The number of amides is 2. The second kappa shape index (κ2) is 11.4. The molecule has 0 saturated heterocycles. The van der Waals surface area contributed by atoms with E-state index in [1.165, 1.54) is 6.21 Å². The Balaban J connectivity index is 2.03. The van der Waals surface area contributed by atoms with Gasteiger partial charge < -0.3 is 14.8 Å². The van der Waals surface area contributed by atoms with Crippen LogP contribution < -0.4 is 20.2 Å². The first kappa shape index (κ1) is 23.5. The number of carbonyl (C=O) groups is 2. The van der Waals surface area contributed by atoms with Crippen LogP contribution in [0.4, 0.5) is 0 Å². The van der Waals surface area contributed by atoms with Gasteiger partial charge in [0.05, 0.1) is 22.9 Å². The average molecular weight is 452 g/mol. The molecule has 160 valence electrons. The van der Waals surface area contributed by atoms with Crippen LogP contribution in [-0.4, -0.2) is 30.7 Å². The van der Waals surface area contributed by atoms with Crippen molar-refractivity contribution in [3.8, 4) is 11.5 Å². The first-order chi connectivity index (χ1) is 14.3. The van der Waals surface area contributed by atoms with E-state index in [2.05, 4.69) is 15.8 Å². The minimum Gasteiger partial charge on any atom is -0.490 e. The van der Waals surface area contributed by atoms with Crippen LogP contribution >= 0.6 is 23.2 Å². The summed E-state index contributed by atoms with van der Waals surface area (Å²) < 4.78 is 11.5. The summed E-state index contributed by atoms with van der Waals surface area (Å²) in [6.07, 6.45) is 1.41. The summed E-state index contributed by atoms with van der Waals surface area (Å²) in [6, 6.07) is 10.3. The molecular weight excluding hydrogens is 429 g/mol. The Labute approximate surface area is 185 Å². The van der Waals surface area contributed by atoms with E-state index in [4.69, 9.17) is 32.7 Å². The summed E-state index contributed by atoms with van der Waals surface area (Å²) in [7, 11) is 0. The third-order valence-corrected chi connectivity index (χ3v) is 4.39. The van der Waals surface area contributed by atoms with Crippen molar-refractivity contribution in [3.63, 3.8) is 0 Å². The van der Waals surface area contributed by atoms with E-state index in [-0.39, 0.29) is 12.6 Å². The molecule has 0 atom stereocenters. The monoisotopic (exact) mass is 451 g/mol. The van der Waals surface area contributed by atoms with Gasteiger partial charge in [0.15, 0.2) is 11.5 Å². The lowest BCUT2D eigenvalue weighted by Crippen LogP contribution is -2.41. The molecule has 0 spiro atoms. The number of hydrogen-bond donors (Lipinski definition) is 2. The maximum atomic E-state index is 11.7. The molecule has 0 saturated carbocycles. The van der Waals surface area contributed by atoms with Crippen LogP contribution in [-0.2, 0) is 16.2 Å². The lowest BCUT2D eigenvalue weighted by Gasteiger charge is -2.13. The fourth-order valence-electron chi connectivity index (χ4n) is 2.33. The van der Waals surface area contributed by atoms with Crippen LogP contribution in [0.5, 0.6) is 11.5 Å². The van der Waals surface area contributed by atoms with Crippen molar-refractivity contribution in [2.75, 3.05) is 6.61 Å². The van der Waals surface area contributed by atoms with Crippen LogP contribution in [0.3, 0.4) is 0 Å². The topological polar surface area (TPSA) is 89.0 Å². The first-order valence-electron chi connectivity index (χ1n) is 9.27.